The fraction of sp³-hybridized carbons (Fsp3) is 0.308. The molecule has 0 aliphatic rings. The first-order valence-electron chi connectivity index (χ1n) is 11.0. The van der Waals surface area contributed by atoms with Crippen LogP contribution in [0.1, 0.15) is 52.7 Å². The lowest BCUT2D eigenvalue weighted by molar-refractivity contribution is 0.589. The summed E-state index contributed by atoms with van der Waals surface area (Å²) in [5.41, 5.74) is 4.04. The van der Waals surface area contributed by atoms with Crippen LogP contribution in [-0.4, -0.2) is 30.4 Å². The second-order valence-corrected chi connectivity index (χ2v) is 12.1. The van der Waals surface area contributed by atoms with Crippen LogP contribution < -0.4 is 0 Å². The van der Waals surface area contributed by atoms with Gasteiger partial charge in [0.05, 0.1) is 12.4 Å². The number of nitrogens with zero attached hydrogens (tertiary/aromatic N) is 6. The lowest BCUT2D eigenvalue weighted by Crippen LogP contribution is -2.10. The largest absolute Gasteiger partial charge is 0.217 e. The fourth-order valence-electron chi connectivity index (χ4n) is 3.16. The van der Waals surface area contributed by atoms with Gasteiger partial charge in [-0.25, -0.2) is 9.97 Å². The van der Waals surface area contributed by atoms with Gasteiger partial charge < -0.3 is 0 Å². The quantitative estimate of drug-likeness (QED) is 0.310. The van der Waals surface area contributed by atoms with E-state index in [2.05, 4.69) is 120 Å². The zero-order chi connectivity index (χ0) is 24.3. The molecule has 174 valence electrons. The average molecular weight is 489 g/mol. The Morgan fingerprint density at radius 1 is 0.529 bits per heavy atom. The van der Waals surface area contributed by atoms with Gasteiger partial charge in [0, 0.05) is 9.79 Å². The fourth-order valence-corrected chi connectivity index (χ4v) is 4.59. The maximum atomic E-state index is 4.65. The van der Waals surface area contributed by atoms with Crippen molar-refractivity contribution < 1.29 is 0 Å². The molecule has 0 saturated heterocycles. The van der Waals surface area contributed by atoms with Gasteiger partial charge in [-0.3, -0.25) is 0 Å². The van der Waals surface area contributed by atoms with Crippen molar-refractivity contribution in [1.29, 1.82) is 0 Å². The van der Waals surface area contributed by atoms with Crippen LogP contribution in [0.15, 0.2) is 81.0 Å². The molecule has 2 aromatic carbocycles. The van der Waals surface area contributed by atoms with Crippen molar-refractivity contribution in [3.63, 3.8) is 0 Å². The molecule has 4 aromatic rings. The summed E-state index contributed by atoms with van der Waals surface area (Å²) in [5.74, 6) is 0. The molecule has 0 amide bonds. The maximum Gasteiger partial charge on any atom is 0.214 e. The summed E-state index contributed by atoms with van der Waals surface area (Å²) in [7, 11) is 0. The van der Waals surface area contributed by atoms with Crippen LogP contribution in [0, 0.1) is 0 Å². The van der Waals surface area contributed by atoms with Crippen LogP contribution in [0.4, 0.5) is 0 Å². The lowest BCUT2D eigenvalue weighted by atomic mass is 9.87. The number of benzene rings is 2. The minimum atomic E-state index is 0.117. The number of aromatic nitrogens is 6. The number of hydrogen-bond acceptors (Lipinski definition) is 8. The van der Waals surface area contributed by atoms with Crippen LogP contribution in [0.5, 0.6) is 0 Å². The van der Waals surface area contributed by atoms with Crippen molar-refractivity contribution in [3.05, 3.63) is 72.1 Å². The number of rotatable bonds is 5. The van der Waals surface area contributed by atoms with Gasteiger partial charge in [-0.1, -0.05) is 65.8 Å². The second kappa shape index (κ2) is 9.80. The van der Waals surface area contributed by atoms with Crippen LogP contribution in [0.2, 0.25) is 0 Å². The van der Waals surface area contributed by atoms with Gasteiger partial charge in [-0.15, -0.1) is 10.2 Å². The molecule has 8 heteroatoms. The Hall–Kier alpha value is -2.84. The zero-order valence-electron chi connectivity index (χ0n) is 20.3. The molecule has 0 saturated carbocycles. The first-order valence-corrected chi connectivity index (χ1v) is 12.7. The third kappa shape index (κ3) is 6.18. The first-order chi connectivity index (χ1) is 16.1. The summed E-state index contributed by atoms with van der Waals surface area (Å²) in [6.45, 7) is 13.2. The van der Waals surface area contributed by atoms with E-state index in [1.165, 1.54) is 34.7 Å². The Labute approximate surface area is 209 Å². The molecule has 0 N–H and O–H groups in total. The summed E-state index contributed by atoms with van der Waals surface area (Å²) >= 11 is 2.94. The predicted molar refractivity (Wildman–Crippen MR) is 137 cm³/mol. The monoisotopic (exact) mass is 488 g/mol. The molecular weight excluding hydrogens is 460 g/mol. The summed E-state index contributed by atoms with van der Waals surface area (Å²) in [6.07, 6.45) is 3.20. The molecule has 0 atom stereocenters. The van der Waals surface area contributed by atoms with E-state index in [1.54, 1.807) is 12.4 Å². The minimum Gasteiger partial charge on any atom is -0.217 e. The highest BCUT2D eigenvalue weighted by Crippen LogP contribution is 2.31. The van der Waals surface area contributed by atoms with Crippen LogP contribution in [-0.2, 0) is 10.8 Å². The van der Waals surface area contributed by atoms with E-state index < -0.39 is 0 Å². The highest BCUT2D eigenvalue weighted by Gasteiger charge is 2.15. The van der Waals surface area contributed by atoms with Crippen LogP contribution in [0.3, 0.4) is 0 Å². The third-order valence-electron chi connectivity index (χ3n) is 5.20. The molecular formula is C26H28N6S2. The van der Waals surface area contributed by atoms with Gasteiger partial charge in [0.15, 0.2) is 0 Å². The molecule has 2 aromatic heterocycles. The van der Waals surface area contributed by atoms with Crippen molar-refractivity contribution in [1.82, 2.24) is 30.4 Å². The highest BCUT2D eigenvalue weighted by atomic mass is 32.2. The van der Waals surface area contributed by atoms with Crippen molar-refractivity contribution in [2.45, 2.75) is 72.5 Å². The standard InChI is InChI=1S/C26H28N6S2/c1-25(2,3)17-7-11-19(12-8-17)33-23-29-21(15-27-31-23)22-16-28-32-24(30-22)34-20-13-9-18(10-14-20)26(4,5)6/h7-16H,1-6H3. The van der Waals surface area contributed by atoms with Crippen molar-refractivity contribution in [3.8, 4) is 11.4 Å². The Balaban J connectivity index is 1.50. The predicted octanol–water partition coefficient (Wildman–Crippen LogP) is 6.62. The Bertz CT molecular complexity index is 1160. The molecule has 0 spiro atoms. The molecule has 0 aliphatic heterocycles. The highest BCUT2D eigenvalue weighted by molar-refractivity contribution is 7.99. The molecule has 4 rings (SSSR count). The maximum absolute atomic E-state index is 4.65. The van der Waals surface area contributed by atoms with Gasteiger partial charge in [-0.05, 0) is 69.7 Å². The van der Waals surface area contributed by atoms with Gasteiger partial charge in [-0.2, -0.15) is 10.2 Å². The second-order valence-electron chi connectivity index (χ2n) is 10.0. The van der Waals surface area contributed by atoms with E-state index in [0.717, 1.165) is 9.79 Å². The first kappa shape index (κ1) is 24.3. The van der Waals surface area contributed by atoms with E-state index in [1.807, 2.05) is 0 Å². The molecule has 0 unspecified atom stereocenters. The van der Waals surface area contributed by atoms with E-state index in [0.29, 0.717) is 21.7 Å². The Morgan fingerprint density at radius 2 is 0.882 bits per heavy atom. The molecule has 6 nitrogen and oxygen atoms in total. The van der Waals surface area contributed by atoms with Gasteiger partial charge in [0.1, 0.15) is 11.4 Å². The van der Waals surface area contributed by atoms with Crippen molar-refractivity contribution in [2.75, 3.05) is 0 Å². The summed E-state index contributed by atoms with van der Waals surface area (Å²) in [5, 5.41) is 17.8. The van der Waals surface area contributed by atoms with E-state index in [9.17, 15) is 0 Å². The molecule has 0 radical (unpaired) electrons. The molecule has 0 bridgehead atoms. The Morgan fingerprint density at radius 3 is 1.21 bits per heavy atom. The smallest absolute Gasteiger partial charge is 0.214 e. The summed E-state index contributed by atoms with van der Waals surface area (Å²) < 4.78 is 0. The van der Waals surface area contributed by atoms with Gasteiger partial charge >= 0.3 is 0 Å². The Kier molecular flexibility index (Phi) is 7.00. The SMILES string of the molecule is CC(C)(C)c1ccc(Sc2nncc(-c3cnnc(Sc4ccc(C(C)(C)C)cc4)n3)n2)cc1. The molecule has 0 aliphatic carbocycles. The number of hydrogen-bond donors (Lipinski definition) is 0. The molecule has 2 heterocycles. The van der Waals surface area contributed by atoms with Crippen molar-refractivity contribution >= 4 is 23.5 Å². The third-order valence-corrected chi connectivity index (χ3v) is 6.93. The summed E-state index contributed by atoms with van der Waals surface area (Å²) in [6, 6.07) is 16.9. The normalized spacial score (nSPS) is 12.1. The minimum absolute atomic E-state index is 0.117. The van der Waals surface area contributed by atoms with Crippen LogP contribution >= 0.6 is 23.5 Å². The van der Waals surface area contributed by atoms with Crippen molar-refractivity contribution in [2.24, 2.45) is 0 Å². The van der Waals surface area contributed by atoms with E-state index in [4.69, 9.17) is 0 Å². The van der Waals surface area contributed by atoms with Gasteiger partial charge in [0.2, 0.25) is 10.3 Å². The summed E-state index contributed by atoms with van der Waals surface area (Å²) in [4.78, 5) is 11.4. The molecule has 0 fully saturated rings. The van der Waals surface area contributed by atoms with E-state index in [-0.39, 0.29) is 10.8 Å². The molecule has 34 heavy (non-hydrogen) atoms. The lowest BCUT2D eigenvalue weighted by Gasteiger charge is -2.18. The zero-order valence-corrected chi connectivity index (χ0v) is 21.9. The van der Waals surface area contributed by atoms with Crippen LogP contribution in [0.25, 0.3) is 11.4 Å². The average Bonchev–Trinajstić information content (AvgIpc) is 2.79. The van der Waals surface area contributed by atoms with E-state index >= 15 is 0 Å². The van der Waals surface area contributed by atoms with Gasteiger partial charge in [0.25, 0.3) is 0 Å². The topological polar surface area (TPSA) is 77.3 Å².